The molecule has 118 valence electrons. The van der Waals surface area contributed by atoms with Gasteiger partial charge in [0.1, 0.15) is 0 Å². The van der Waals surface area contributed by atoms with Gasteiger partial charge in [-0.25, -0.2) is 4.99 Å². The lowest BCUT2D eigenvalue weighted by Crippen LogP contribution is -2.35. The highest BCUT2D eigenvalue weighted by molar-refractivity contribution is 14.0. The zero-order chi connectivity index (χ0) is 14.7. The summed E-state index contributed by atoms with van der Waals surface area (Å²) in [7, 11) is 2.00. The minimum Gasteiger partial charge on any atom is -0.370 e. The Balaban J connectivity index is 0.00000176. The standard InChI is InChI=1S/C16H21N5.HI/c1-20(15-7-8-15)16(17)18-11-14-9-10-21(19-14)12-13-5-3-2-4-6-13;/h2-6,9-10,15H,7-8,11-12H2,1H3,(H2,17,18);1H. The van der Waals surface area contributed by atoms with Crippen molar-refractivity contribution in [1.29, 1.82) is 0 Å². The Morgan fingerprint density at radius 2 is 2.05 bits per heavy atom. The summed E-state index contributed by atoms with van der Waals surface area (Å²) in [5, 5.41) is 4.53. The van der Waals surface area contributed by atoms with Gasteiger partial charge in [0.25, 0.3) is 0 Å². The average Bonchev–Trinajstić information content (AvgIpc) is 3.26. The molecule has 0 saturated heterocycles. The predicted octanol–water partition coefficient (Wildman–Crippen LogP) is 2.46. The number of hydrogen-bond acceptors (Lipinski definition) is 2. The summed E-state index contributed by atoms with van der Waals surface area (Å²) in [6.45, 7) is 1.31. The van der Waals surface area contributed by atoms with E-state index < -0.39 is 0 Å². The van der Waals surface area contributed by atoms with Crippen LogP contribution < -0.4 is 5.73 Å². The van der Waals surface area contributed by atoms with Crippen LogP contribution in [0.4, 0.5) is 0 Å². The first-order chi connectivity index (χ1) is 10.2. The molecule has 1 fully saturated rings. The van der Waals surface area contributed by atoms with Gasteiger partial charge < -0.3 is 10.6 Å². The van der Waals surface area contributed by atoms with Gasteiger partial charge in [0.05, 0.1) is 18.8 Å². The number of rotatable bonds is 5. The van der Waals surface area contributed by atoms with Crippen LogP contribution in [-0.4, -0.2) is 33.7 Å². The molecule has 3 rings (SSSR count). The van der Waals surface area contributed by atoms with Gasteiger partial charge in [0.2, 0.25) is 0 Å². The van der Waals surface area contributed by atoms with Crippen molar-refractivity contribution in [2.75, 3.05) is 7.05 Å². The summed E-state index contributed by atoms with van der Waals surface area (Å²) in [6.07, 6.45) is 4.43. The number of aromatic nitrogens is 2. The van der Waals surface area contributed by atoms with Crippen molar-refractivity contribution in [3.63, 3.8) is 0 Å². The first-order valence-corrected chi connectivity index (χ1v) is 7.31. The van der Waals surface area contributed by atoms with E-state index in [1.807, 2.05) is 42.2 Å². The fourth-order valence-electron chi connectivity index (χ4n) is 2.27. The second-order valence-electron chi connectivity index (χ2n) is 5.51. The van der Waals surface area contributed by atoms with Crippen LogP contribution >= 0.6 is 24.0 Å². The fraction of sp³-hybridized carbons (Fsp3) is 0.375. The summed E-state index contributed by atoms with van der Waals surface area (Å²) < 4.78 is 1.93. The maximum Gasteiger partial charge on any atom is 0.191 e. The molecule has 5 nitrogen and oxygen atoms in total. The number of benzene rings is 1. The third-order valence-electron chi connectivity index (χ3n) is 3.74. The van der Waals surface area contributed by atoms with Crippen molar-refractivity contribution in [2.24, 2.45) is 10.7 Å². The van der Waals surface area contributed by atoms with Crippen LogP contribution in [0.5, 0.6) is 0 Å². The van der Waals surface area contributed by atoms with Crippen LogP contribution in [-0.2, 0) is 13.1 Å². The molecule has 1 aromatic heterocycles. The molecule has 6 heteroatoms. The highest BCUT2D eigenvalue weighted by Crippen LogP contribution is 2.24. The molecule has 0 radical (unpaired) electrons. The zero-order valence-corrected chi connectivity index (χ0v) is 15.1. The Hall–Kier alpha value is -1.57. The molecule has 1 aliphatic rings. The Kier molecular flexibility index (Phi) is 5.82. The quantitative estimate of drug-likeness (QED) is 0.467. The topological polar surface area (TPSA) is 59.4 Å². The van der Waals surface area contributed by atoms with Gasteiger partial charge in [-0.15, -0.1) is 24.0 Å². The highest BCUT2D eigenvalue weighted by atomic mass is 127. The van der Waals surface area contributed by atoms with Gasteiger partial charge >= 0.3 is 0 Å². The van der Waals surface area contributed by atoms with E-state index in [9.17, 15) is 0 Å². The second kappa shape index (κ2) is 7.62. The number of guanidine groups is 1. The lowest BCUT2D eigenvalue weighted by molar-refractivity contribution is 0.487. The lowest BCUT2D eigenvalue weighted by atomic mass is 10.2. The highest BCUT2D eigenvalue weighted by Gasteiger charge is 2.27. The molecule has 2 aromatic rings. The second-order valence-corrected chi connectivity index (χ2v) is 5.51. The van der Waals surface area contributed by atoms with Crippen molar-refractivity contribution in [3.8, 4) is 0 Å². The van der Waals surface area contributed by atoms with Crippen molar-refractivity contribution in [3.05, 3.63) is 53.9 Å². The first kappa shape index (κ1) is 16.8. The Labute approximate surface area is 148 Å². The van der Waals surface area contributed by atoms with Crippen molar-refractivity contribution < 1.29 is 0 Å². The van der Waals surface area contributed by atoms with E-state index in [1.165, 1.54) is 18.4 Å². The molecule has 0 atom stereocenters. The summed E-state index contributed by atoms with van der Waals surface area (Å²) >= 11 is 0. The number of aliphatic imine (C=N–C) groups is 1. The minimum absolute atomic E-state index is 0. The predicted molar refractivity (Wildman–Crippen MR) is 99.3 cm³/mol. The van der Waals surface area contributed by atoms with Crippen molar-refractivity contribution >= 4 is 29.9 Å². The minimum atomic E-state index is 0. The van der Waals surface area contributed by atoms with Crippen LogP contribution in [0.3, 0.4) is 0 Å². The first-order valence-electron chi connectivity index (χ1n) is 7.31. The summed E-state index contributed by atoms with van der Waals surface area (Å²) in [5.41, 5.74) is 8.16. The molecule has 22 heavy (non-hydrogen) atoms. The van der Waals surface area contributed by atoms with E-state index in [0.29, 0.717) is 18.5 Å². The van der Waals surface area contributed by atoms with E-state index in [2.05, 4.69) is 27.1 Å². The third-order valence-corrected chi connectivity index (χ3v) is 3.74. The van der Waals surface area contributed by atoms with Gasteiger partial charge in [-0.2, -0.15) is 5.10 Å². The molecule has 0 spiro atoms. The Morgan fingerprint density at radius 3 is 2.73 bits per heavy atom. The monoisotopic (exact) mass is 411 g/mol. The molecular weight excluding hydrogens is 389 g/mol. The van der Waals surface area contributed by atoms with Crippen LogP contribution in [0, 0.1) is 0 Å². The van der Waals surface area contributed by atoms with E-state index in [-0.39, 0.29) is 24.0 Å². The molecule has 1 saturated carbocycles. The molecule has 0 amide bonds. The van der Waals surface area contributed by atoms with Crippen LogP contribution in [0.1, 0.15) is 24.1 Å². The smallest absolute Gasteiger partial charge is 0.191 e. The number of halogens is 1. The average molecular weight is 411 g/mol. The van der Waals surface area contributed by atoms with E-state index in [4.69, 9.17) is 5.73 Å². The van der Waals surface area contributed by atoms with Gasteiger partial charge in [0, 0.05) is 19.3 Å². The SMILES string of the molecule is CN(C(N)=NCc1ccn(Cc2ccccc2)n1)C1CC1.I. The van der Waals surface area contributed by atoms with Gasteiger partial charge in [0.15, 0.2) is 5.96 Å². The van der Waals surface area contributed by atoms with Gasteiger partial charge in [-0.1, -0.05) is 30.3 Å². The molecule has 1 aromatic carbocycles. The maximum absolute atomic E-state index is 5.98. The van der Waals surface area contributed by atoms with E-state index in [1.54, 1.807) is 0 Å². The number of nitrogens with zero attached hydrogens (tertiary/aromatic N) is 4. The maximum atomic E-state index is 5.98. The molecule has 1 heterocycles. The number of hydrogen-bond donors (Lipinski definition) is 1. The molecule has 0 unspecified atom stereocenters. The van der Waals surface area contributed by atoms with Crippen molar-refractivity contribution in [1.82, 2.24) is 14.7 Å². The zero-order valence-electron chi connectivity index (χ0n) is 12.7. The van der Waals surface area contributed by atoms with E-state index in [0.717, 1.165) is 12.2 Å². The van der Waals surface area contributed by atoms with Crippen LogP contribution in [0.2, 0.25) is 0 Å². The van der Waals surface area contributed by atoms with E-state index >= 15 is 0 Å². The molecular formula is C16H22IN5. The largest absolute Gasteiger partial charge is 0.370 e. The number of nitrogens with two attached hydrogens (primary N) is 1. The lowest BCUT2D eigenvalue weighted by Gasteiger charge is -2.16. The summed E-state index contributed by atoms with van der Waals surface area (Å²) in [5.74, 6) is 0.607. The van der Waals surface area contributed by atoms with Gasteiger partial charge in [-0.05, 0) is 24.5 Å². The fourth-order valence-corrected chi connectivity index (χ4v) is 2.27. The molecule has 0 bridgehead atoms. The third kappa shape index (κ3) is 4.46. The normalized spacial score (nSPS) is 14.5. The Morgan fingerprint density at radius 1 is 1.32 bits per heavy atom. The molecule has 0 aliphatic heterocycles. The van der Waals surface area contributed by atoms with Gasteiger partial charge in [-0.3, -0.25) is 4.68 Å². The molecule has 2 N–H and O–H groups in total. The van der Waals surface area contributed by atoms with Crippen LogP contribution in [0.15, 0.2) is 47.6 Å². The van der Waals surface area contributed by atoms with Crippen molar-refractivity contribution in [2.45, 2.75) is 32.0 Å². The molecule has 1 aliphatic carbocycles. The summed E-state index contributed by atoms with van der Waals surface area (Å²) in [4.78, 5) is 6.48. The Bertz CT molecular complexity index is 618. The van der Waals surface area contributed by atoms with Crippen LogP contribution in [0.25, 0.3) is 0 Å². The summed E-state index contributed by atoms with van der Waals surface area (Å²) in [6, 6.07) is 12.9.